The molecule has 0 saturated carbocycles. The highest BCUT2D eigenvalue weighted by molar-refractivity contribution is 7.09. The first-order valence-electron chi connectivity index (χ1n) is 7.15. The molecule has 0 aliphatic rings. The van der Waals surface area contributed by atoms with Crippen LogP contribution in [-0.4, -0.2) is 37.4 Å². The lowest BCUT2D eigenvalue weighted by molar-refractivity contribution is 0.0739. The van der Waals surface area contributed by atoms with Crippen LogP contribution in [0.4, 0.5) is 0 Å². The summed E-state index contributed by atoms with van der Waals surface area (Å²) in [5.41, 5.74) is 1.85. The Labute approximate surface area is 136 Å². The highest BCUT2D eigenvalue weighted by Crippen LogP contribution is 2.23. The van der Waals surface area contributed by atoms with E-state index in [9.17, 15) is 9.59 Å². The van der Waals surface area contributed by atoms with Crippen molar-refractivity contribution in [1.82, 2.24) is 24.5 Å². The maximum Gasteiger partial charge on any atom is 0.285 e. The molecule has 0 aromatic carbocycles. The van der Waals surface area contributed by atoms with Gasteiger partial charge in [0.2, 0.25) is 0 Å². The van der Waals surface area contributed by atoms with Crippen molar-refractivity contribution >= 4 is 22.9 Å². The van der Waals surface area contributed by atoms with Crippen molar-refractivity contribution in [3.63, 3.8) is 0 Å². The molecule has 0 radical (unpaired) electrons. The van der Waals surface area contributed by atoms with Gasteiger partial charge >= 0.3 is 0 Å². The topological polar surface area (TPSA) is 83.4 Å². The number of hydrogen-bond acceptors (Lipinski definition) is 5. The van der Waals surface area contributed by atoms with Gasteiger partial charge in [-0.25, -0.2) is 14.5 Å². The van der Waals surface area contributed by atoms with E-state index in [1.54, 1.807) is 13.1 Å². The van der Waals surface area contributed by atoms with Crippen LogP contribution < -0.4 is 5.56 Å². The zero-order valence-corrected chi connectivity index (χ0v) is 14.1. The predicted octanol–water partition coefficient (Wildman–Crippen LogP) is 1.93. The minimum atomic E-state index is -0.400. The summed E-state index contributed by atoms with van der Waals surface area (Å²) in [5, 5.41) is 5.66. The first-order chi connectivity index (χ1) is 10.9. The third-order valence-corrected chi connectivity index (χ3v) is 4.88. The maximum atomic E-state index is 12.7. The number of carbonyl (C=O) groups excluding carboxylic acids is 1. The minimum absolute atomic E-state index is 0.0342. The number of nitrogens with one attached hydrogen (secondary N) is 1. The van der Waals surface area contributed by atoms with Gasteiger partial charge < -0.3 is 4.90 Å². The first-order valence-corrected chi connectivity index (χ1v) is 8.03. The number of nitrogens with zero attached hydrogens (tertiary/aromatic N) is 4. The Morgan fingerprint density at radius 1 is 1.43 bits per heavy atom. The fourth-order valence-electron chi connectivity index (χ4n) is 2.32. The number of hydrogen-bond donors (Lipinski definition) is 1. The molecule has 7 nitrogen and oxygen atoms in total. The molecule has 0 fully saturated rings. The molecule has 0 spiro atoms. The van der Waals surface area contributed by atoms with Crippen molar-refractivity contribution in [2.45, 2.75) is 26.8 Å². The van der Waals surface area contributed by atoms with Crippen molar-refractivity contribution in [3.05, 3.63) is 50.0 Å². The summed E-state index contributed by atoms with van der Waals surface area (Å²) in [6, 6.07) is 1.53. The van der Waals surface area contributed by atoms with Crippen molar-refractivity contribution in [1.29, 1.82) is 0 Å². The molecule has 1 unspecified atom stereocenters. The average molecular weight is 331 g/mol. The van der Waals surface area contributed by atoms with Gasteiger partial charge in [-0.1, -0.05) is 0 Å². The number of H-pyrrole nitrogens is 1. The summed E-state index contributed by atoms with van der Waals surface area (Å²) in [6.45, 7) is 5.62. The van der Waals surface area contributed by atoms with Crippen LogP contribution in [0.5, 0.6) is 0 Å². The van der Waals surface area contributed by atoms with E-state index in [0.29, 0.717) is 5.65 Å². The van der Waals surface area contributed by atoms with Crippen LogP contribution in [0.1, 0.15) is 39.7 Å². The predicted molar refractivity (Wildman–Crippen MR) is 87.9 cm³/mol. The second kappa shape index (κ2) is 5.62. The largest absolute Gasteiger partial charge is 0.332 e. The van der Waals surface area contributed by atoms with Crippen molar-refractivity contribution in [2.24, 2.45) is 0 Å². The molecule has 23 heavy (non-hydrogen) atoms. The normalized spacial score (nSPS) is 12.5. The van der Waals surface area contributed by atoms with E-state index in [2.05, 4.69) is 15.1 Å². The van der Waals surface area contributed by atoms with Gasteiger partial charge in [-0.2, -0.15) is 0 Å². The van der Waals surface area contributed by atoms with E-state index >= 15 is 0 Å². The summed E-state index contributed by atoms with van der Waals surface area (Å²) < 4.78 is 1.29. The Hall–Kier alpha value is -2.48. The molecule has 120 valence electrons. The SMILES string of the molecule is Cc1csc(C(C)N(C)C(=O)c2cnc3cc(C)[nH]n3c2=O)n1. The van der Waals surface area contributed by atoms with Crippen LogP contribution in [0.15, 0.2) is 22.4 Å². The molecule has 0 aliphatic heterocycles. The molecule has 1 amide bonds. The van der Waals surface area contributed by atoms with E-state index in [1.807, 2.05) is 26.2 Å². The van der Waals surface area contributed by atoms with Gasteiger partial charge in [0, 0.05) is 36.1 Å². The lowest BCUT2D eigenvalue weighted by Crippen LogP contribution is -2.35. The molecular weight excluding hydrogens is 314 g/mol. The average Bonchev–Trinajstić information content (AvgIpc) is 3.11. The molecule has 8 heteroatoms. The highest BCUT2D eigenvalue weighted by atomic mass is 32.1. The van der Waals surface area contributed by atoms with Gasteiger partial charge in [0.1, 0.15) is 10.6 Å². The lowest BCUT2D eigenvalue weighted by atomic mass is 10.2. The fourth-order valence-corrected chi connectivity index (χ4v) is 3.22. The lowest BCUT2D eigenvalue weighted by Gasteiger charge is -2.22. The number of fused-ring (bicyclic) bond motifs is 1. The smallest absolute Gasteiger partial charge is 0.285 e. The summed E-state index contributed by atoms with van der Waals surface area (Å²) in [7, 11) is 1.66. The molecule has 0 aliphatic carbocycles. The van der Waals surface area contributed by atoms with E-state index < -0.39 is 5.56 Å². The highest BCUT2D eigenvalue weighted by Gasteiger charge is 2.24. The molecule has 0 bridgehead atoms. The molecular formula is C15H17N5O2S. The van der Waals surface area contributed by atoms with Crippen LogP contribution in [0.3, 0.4) is 0 Å². The quantitative estimate of drug-likeness (QED) is 0.795. The summed E-state index contributed by atoms with van der Waals surface area (Å²) in [4.78, 5) is 35.2. The third-order valence-electron chi connectivity index (χ3n) is 3.75. The van der Waals surface area contributed by atoms with Gasteiger partial charge in [0.05, 0.1) is 6.04 Å². The summed E-state index contributed by atoms with van der Waals surface area (Å²) in [5.74, 6) is -0.371. The van der Waals surface area contributed by atoms with Crippen LogP contribution in [-0.2, 0) is 0 Å². The Balaban J connectivity index is 1.96. The Kier molecular flexibility index (Phi) is 3.77. The third kappa shape index (κ3) is 2.65. The summed E-state index contributed by atoms with van der Waals surface area (Å²) >= 11 is 1.50. The Morgan fingerprint density at radius 3 is 2.83 bits per heavy atom. The Bertz CT molecular complexity index is 939. The maximum absolute atomic E-state index is 12.7. The second-order valence-corrected chi connectivity index (χ2v) is 6.42. The molecule has 3 rings (SSSR count). The monoisotopic (exact) mass is 331 g/mol. The molecule has 0 saturated heterocycles. The number of aryl methyl sites for hydroxylation is 2. The van der Waals surface area contributed by atoms with Crippen molar-refractivity contribution in [3.8, 4) is 0 Å². The molecule has 1 N–H and O–H groups in total. The number of thiazole rings is 1. The minimum Gasteiger partial charge on any atom is -0.332 e. The number of aromatic amines is 1. The van der Waals surface area contributed by atoms with E-state index in [4.69, 9.17) is 0 Å². The summed E-state index contributed by atoms with van der Waals surface area (Å²) in [6.07, 6.45) is 1.34. The molecule has 3 aromatic rings. The van der Waals surface area contributed by atoms with Gasteiger partial charge in [-0.05, 0) is 20.8 Å². The number of amides is 1. The van der Waals surface area contributed by atoms with Crippen LogP contribution in [0, 0.1) is 13.8 Å². The van der Waals surface area contributed by atoms with E-state index in [1.165, 1.54) is 26.9 Å². The van der Waals surface area contributed by atoms with Gasteiger partial charge in [0.25, 0.3) is 11.5 Å². The zero-order valence-electron chi connectivity index (χ0n) is 13.3. The fraction of sp³-hybridized carbons (Fsp3) is 0.333. The van der Waals surface area contributed by atoms with Gasteiger partial charge in [-0.15, -0.1) is 11.3 Å². The van der Waals surface area contributed by atoms with E-state index in [0.717, 1.165) is 16.4 Å². The second-order valence-electron chi connectivity index (χ2n) is 5.53. The van der Waals surface area contributed by atoms with E-state index in [-0.39, 0.29) is 17.5 Å². The van der Waals surface area contributed by atoms with Gasteiger partial charge in [-0.3, -0.25) is 14.7 Å². The van der Waals surface area contributed by atoms with Crippen LogP contribution >= 0.6 is 11.3 Å². The molecule has 3 heterocycles. The van der Waals surface area contributed by atoms with Crippen LogP contribution in [0.2, 0.25) is 0 Å². The number of rotatable bonds is 3. The molecule has 1 atom stereocenters. The number of carbonyl (C=O) groups is 1. The Morgan fingerprint density at radius 2 is 2.17 bits per heavy atom. The molecule has 3 aromatic heterocycles. The standard InChI is InChI=1S/C15H17N5O2S/c1-8-5-12-16-6-11(15(22)20(12)18-8)14(21)19(4)10(3)13-17-9(2)7-23-13/h5-7,10,18H,1-4H3. The van der Waals surface area contributed by atoms with Crippen molar-refractivity contribution < 1.29 is 4.79 Å². The number of aromatic nitrogens is 4. The first kappa shape index (κ1) is 15.4. The van der Waals surface area contributed by atoms with Crippen molar-refractivity contribution in [2.75, 3.05) is 7.05 Å². The van der Waals surface area contributed by atoms with Crippen LogP contribution in [0.25, 0.3) is 5.65 Å². The zero-order chi connectivity index (χ0) is 16.7. The van der Waals surface area contributed by atoms with Gasteiger partial charge in [0.15, 0.2) is 5.65 Å².